The van der Waals surface area contributed by atoms with E-state index in [4.69, 9.17) is 0 Å². The lowest BCUT2D eigenvalue weighted by Gasteiger charge is -2.21. The second kappa shape index (κ2) is 8.51. The van der Waals surface area contributed by atoms with Crippen molar-refractivity contribution in [1.29, 1.82) is 0 Å². The number of hydrogen-bond acceptors (Lipinski definition) is 7. The van der Waals surface area contributed by atoms with E-state index < -0.39 is 19.7 Å². The predicted molar refractivity (Wildman–Crippen MR) is 112 cm³/mol. The molecule has 0 spiro atoms. The van der Waals surface area contributed by atoms with Gasteiger partial charge in [-0.3, -0.25) is 0 Å². The maximum Gasteiger partial charge on any atom is 0.226 e. The van der Waals surface area contributed by atoms with Crippen molar-refractivity contribution in [3.8, 4) is 0 Å². The Labute approximate surface area is 171 Å². The molecule has 1 saturated heterocycles. The van der Waals surface area contributed by atoms with Crippen LogP contribution < -0.4 is 4.90 Å². The molecule has 1 fully saturated rings. The summed E-state index contributed by atoms with van der Waals surface area (Å²) in [7, 11) is -7.50. The largest absolute Gasteiger partial charge is 0.361 e. The molecule has 0 aliphatic carbocycles. The molecule has 2 heterocycles. The van der Waals surface area contributed by atoms with Crippen LogP contribution in [0.1, 0.15) is 44.6 Å². The van der Waals surface area contributed by atoms with Crippen molar-refractivity contribution < 1.29 is 16.8 Å². The maximum absolute atomic E-state index is 13.3. The van der Waals surface area contributed by atoms with Crippen LogP contribution in [0.5, 0.6) is 0 Å². The van der Waals surface area contributed by atoms with Crippen molar-refractivity contribution >= 4 is 36.0 Å². The van der Waals surface area contributed by atoms with Gasteiger partial charge in [-0.15, -0.1) is 0 Å². The average Bonchev–Trinajstić information content (AvgIpc) is 2.94. The zero-order chi connectivity index (χ0) is 20.4. The summed E-state index contributed by atoms with van der Waals surface area (Å²) in [6.07, 6.45) is 4.56. The van der Waals surface area contributed by atoms with Crippen LogP contribution in [0, 0.1) is 6.92 Å². The Morgan fingerprint density at radius 2 is 1.61 bits per heavy atom. The molecule has 0 atom stereocenters. The molecule has 0 saturated carbocycles. The highest BCUT2D eigenvalue weighted by molar-refractivity contribution is 7.94. The molecule has 9 heteroatoms. The molecule has 2 aromatic rings. The van der Waals surface area contributed by atoms with Crippen LogP contribution in [-0.4, -0.2) is 40.7 Å². The van der Waals surface area contributed by atoms with E-state index in [0.717, 1.165) is 42.6 Å². The van der Waals surface area contributed by atoms with Gasteiger partial charge in [-0.1, -0.05) is 48.8 Å². The number of nitrogens with zero attached hydrogens (tertiary/aromatic N) is 2. The molecule has 0 bridgehead atoms. The van der Waals surface area contributed by atoms with Crippen molar-refractivity contribution in [3.63, 3.8) is 0 Å². The SMILES string of the molecule is CCCS(=O)(=O)c1nc(S(=O)(=O)c2ccc(C)cc2)c(N2CCCCCC2)s1. The number of aromatic nitrogens is 1. The van der Waals surface area contributed by atoms with Gasteiger partial charge in [0.25, 0.3) is 0 Å². The Morgan fingerprint density at radius 3 is 2.18 bits per heavy atom. The minimum absolute atomic E-state index is 0.0377. The predicted octanol–water partition coefficient (Wildman–Crippen LogP) is 3.85. The minimum atomic E-state index is -3.91. The van der Waals surface area contributed by atoms with Crippen LogP contribution in [0.25, 0.3) is 0 Å². The molecule has 0 unspecified atom stereocenters. The summed E-state index contributed by atoms with van der Waals surface area (Å²) in [6, 6.07) is 6.58. The highest BCUT2D eigenvalue weighted by Crippen LogP contribution is 2.38. The summed E-state index contributed by atoms with van der Waals surface area (Å²) in [5.41, 5.74) is 0.955. The summed E-state index contributed by atoms with van der Waals surface area (Å²) >= 11 is 0.995. The summed E-state index contributed by atoms with van der Waals surface area (Å²) in [5.74, 6) is -0.0377. The maximum atomic E-state index is 13.3. The molecule has 28 heavy (non-hydrogen) atoms. The number of sulfone groups is 2. The van der Waals surface area contributed by atoms with Crippen LogP contribution in [-0.2, 0) is 19.7 Å². The zero-order valence-corrected chi connectivity index (χ0v) is 18.7. The minimum Gasteiger partial charge on any atom is -0.361 e. The van der Waals surface area contributed by atoms with Crippen LogP contribution in [0.2, 0.25) is 0 Å². The average molecular weight is 443 g/mol. The van der Waals surface area contributed by atoms with Gasteiger partial charge in [0, 0.05) is 13.1 Å². The fourth-order valence-corrected chi connectivity index (χ4v) is 7.79. The number of anilines is 1. The Bertz CT molecular complexity index is 1020. The van der Waals surface area contributed by atoms with Crippen LogP contribution >= 0.6 is 11.3 Å². The molecule has 0 amide bonds. The highest BCUT2D eigenvalue weighted by Gasteiger charge is 2.32. The number of rotatable bonds is 6. The normalized spacial score (nSPS) is 16.1. The fraction of sp³-hybridized carbons (Fsp3) is 0.526. The monoisotopic (exact) mass is 442 g/mol. The Balaban J connectivity index is 2.14. The van der Waals surface area contributed by atoms with E-state index >= 15 is 0 Å². The molecule has 1 aliphatic rings. The molecule has 0 radical (unpaired) electrons. The first-order chi connectivity index (χ1) is 13.3. The van der Waals surface area contributed by atoms with E-state index in [0.29, 0.717) is 24.5 Å². The topological polar surface area (TPSA) is 84.4 Å². The third-order valence-corrected chi connectivity index (χ3v) is 10.1. The van der Waals surface area contributed by atoms with Crippen molar-refractivity contribution in [2.24, 2.45) is 0 Å². The van der Waals surface area contributed by atoms with Gasteiger partial charge < -0.3 is 4.90 Å². The number of hydrogen-bond donors (Lipinski definition) is 0. The summed E-state index contributed by atoms with van der Waals surface area (Å²) in [6.45, 7) is 5.10. The third-order valence-electron chi connectivity index (χ3n) is 4.78. The van der Waals surface area contributed by atoms with E-state index in [9.17, 15) is 16.8 Å². The molecular weight excluding hydrogens is 416 g/mol. The summed E-state index contributed by atoms with van der Waals surface area (Å²) in [5, 5.41) is 0.329. The first-order valence-electron chi connectivity index (χ1n) is 9.56. The number of thiazole rings is 1. The zero-order valence-electron chi connectivity index (χ0n) is 16.2. The molecule has 1 aromatic carbocycles. The van der Waals surface area contributed by atoms with Gasteiger partial charge in [-0.25, -0.2) is 21.8 Å². The Kier molecular flexibility index (Phi) is 6.46. The first kappa shape index (κ1) is 21.3. The highest BCUT2D eigenvalue weighted by atomic mass is 32.2. The number of aryl methyl sites for hydroxylation is 1. The van der Waals surface area contributed by atoms with Crippen LogP contribution in [0.3, 0.4) is 0 Å². The fourth-order valence-electron chi connectivity index (χ4n) is 3.25. The first-order valence-corrected chi connectivity index (χ1v) is 13.5. The van der Waals surface area contributed by atoms with E-state index in [1.165, 1.54) is 0 Å². The molecule has 6 nitrogen and oxygen atoms in total. The lowest BCUT2D eigenvalue weighted by Crippen LogP contribution is -2.24. The molecular formula is C19H26N2O4S3. The van der Waals surface area contributed by atoms with Crippen molar-refractivity contribution in [2.45, 2.75) is 60.2 Å². The lowest BCUT2D eigenvalue weighted by molar-refractivity contribution is 0.588. The van der Waals surface area contributed by atoms with Gasteiger partial charge in [-0.05, 0) is 38.3 Å². The Morgan fingerprint density at radius 1 is 1.00 bits per heavy atom. The lowest BCUT2D eigenvalue weighted by atomic mass is 10.2. The second-order valence-corrected chi connectivity index (χ2v) is 12.3. The molecule has 1 aliphatic heterocycles. The second-order valence-electron chi connectivity index (χ2n) is 7.13. The van der Waals surface area contributed by atoms with Crippen molar-refractivity contribution in [1.82, 2.24) is 4.98 Å². The number of benzene rings is 1. The third kappa shape index (κ3) is 4.41. The molecule has 1 aromatic heterocycles. The molecule has 154 valence electrons. The van der Waals surface area contributed by atoms with Crippen LogP contribution in [0.4, 0.5) is 5.00 Å². The van der Waals surface area contributed by atoms with Gasteiger partial charge in [0.15, 0.2) is 5.03 Å². The van der Waals surface area contributed by atoms with Gasteiger partial charge in [0.2, 0.25) is 24.0 Å². The van der Waals surface area contributed by atoms with Gasteiger partial charge in [-0.2, -0.15) is 0 Å². The smallest absolute Gasteiger partial charge is 0.226 e. The van der Waals surface area contributed by atoms with E-state index in [1.54, 1.807) is 31.2 Å². The van der Waals surface area contributed by atoms with Crippen molar-refractivity contribution in [2.75, 3.05) is 23.7 Å². The standard InChI is InChI=1S/C19H26N2O4S3/c1-3-14-27(22,23)19-20-17(18(26-19)21-12-6-4-5-7-13-21)28(24,25)16-10-8-15(2)9-11-16/h8-11H,3-7,12-14H2,1-2H3. The van der Waals surface area contributed by atoms with Gasteiger partial charge >= 0.3 is 0 Å². The van der Waals surface area contributed by atoms with E-state index in [-0.39, 0.29) is 20.0 Å². The Hall–Kier alpha value is -1.45. The molecule has 0 N–H and O–H groups in total. The quantitative estimate of drug-likeness (QED) is 0.676. The summed E-state index contributed by atoms with van der Waals surface area (Å²) in [4.78, 5) is 6.31. The van der Waals surface area contributed by atoms with E-state index in [2.05, 4.69) is 4.98 Å². The van der Waals surface area contributed by atoms with E-state index in [1.807, 2.05) is 11.8 Å². The summed E-state index contributed by atoms with van der Waals surface area (Å²) < 4.78 is 51.7. The van der Waals surface area contributed by atoms with Crippen molar-refractivity contribution in [3.05, 3.63) is 29.8 Å². The molecule has 3 rings (SSSR count). The van der Waals surface area contributed by atoms with Gasteiger partial charge in [0.05, 0.1) is 10.6 Å². The van der Waals surface area contributed by atoms with Crippen LogP contribution in [0.15, 0.2) is 38.5 Å². The van der Waals surface area contributed by atoms with Gasteiger partial charge in [0.1, 0.15) is 5.00 Å².